The molecule has 0 aromatic rings. The van der Waals surface area contributed by atoms with Gasteiger partial charge in [-0.15, -0.1) is 11.6 Å². The first-order valence-electron chi connectivity index (χ1n) is 15.6. The summed E-state index contributed by atoms with van der Waals surface area (Å²) in [4.78, 5) is 14.9. The SMILES string of the molecule is CCCCCCCCC(CCCCCCCC)COC(=O)CCCCCN(CCCl)C1CC(OC)C1. The van der Waals surface area contributed by atoms with Crippen LogP contribution in [0.5, 0.6) is 0 Å². The quantitative estimate of drug-likeness (QED) is 0.0636. The van der Waals surface area contributed by atoms with Gasteiger partial charge in [-0.3, -0.25) is 9.69 Å². The lowest BCUT2D eigenvalue weighted by atomic mass is 9.87. The maximum absolute atomic E-state index is 12.4. The maximum Gasteiger partial charge on any atom is 0.305 e. The first kappa shape index (κ1) is 33.7. The third kappa shape index (κ3) is 17.2. The van der Waals surface area contributed by atoms with Crippen LogP contribution in [0.25, 0.3) is 0 Å². The number of nitrogens with zero attached hydrogens (tertiary/aromatic N) is 1. The van der Waals surface area contributed by atoms with E-state index in [9.17, 15) is 4.79 Å². The largest absolute Gasteiger partial charge is 0.465 e. The summed E-state index contributed by atoms with van der Waals surface area (Å²) in [5.74, 6) is 1.23. The number of methoxy groups -OCH3 is 1. The Labute approximate surface area is 229 Å². The summed E-state index contributed by atoms with van der Waals surface area (Å²) in [6.45, 7) is 7.20. The smallest absolute Gasteiger partial charge is 0.305 e. The molecule has 0 atom stereocenters. The Morgan fingerprint density at radius 2 is 1.36 bits per heavy atom. The first-order chi connectivity index (χ1) is 17.6. The minimum atomic E-state index is 0.00503. The van der Waals surface area contributed by atoms with Crippen LogP contribution in [0.15, 0.2) is 0 Å². The molecule has 0 unspecified atom stereocenters. The van der Waals surface area contributed by atoms with Gasteiger partial charge in [0.1, 0.15) is 0 Å². The van der Waals surface area contributed by atoms with Gasteiger partial charge in [-0.25, -0.2) is 0 Å². The van der Waals surface area contributed by atoms with Crippen LogP contribution >= 0.6 is 11.6 Å². The molecule has 0 radical (unpaired) electrons. The minimum Gasteiger partial charge on any atom is -0.465 e. The molecule has 0 amide bonds. The number of rotatable bonds is 26. The number of ether oxygens (including phenoxy) is 2. The van der Waals surface area contributed by atoms with E-state index in [0.717, 1.165) is 45.2 Å². The molecule has 0 heterocycles. The number of alkyl halides is 1. The fraction of sp³-hybridized carbons (Fsp3) is 0.968. The predicted octanol–water partition coefficient (Wildman–Crippen LogP) is 8.93. The highest BCUT2D eigenvalue weighted by molar-refractivity contribution is 6.18. The van der Waals surface area contributed by atoms with Gasteiger partial charge in [-0.1, -0.05) is 97.3 Å². The van der Waals surface area contributed by atoms with Crippen molar-refractivity contribution in [1.82, 2.24) is 4.90 Å². The second-order valence-electron chi connectivity index (χ2n) is 11.2. The highest BCUT2D eigenvalue weighted by atomic mass is 35.5. The van der Waals surface area contributed by atoms with Crippen LogP contribution in [0.3, 0.4) is 0 Å². The normalized spacial score (nSPS) is 17.6. The third-order valence-electron chi connectivity index (χ3n) is 8.03. The van der Waals surface area contributed by atoms with Crippen LogP contribution in [-0.2, 0) is 14.3 Å². The molecular formula is C31H60ClNO3. The summed E-state index contributed by atoms with van der Waals surface area (Å²) < 4.78 is 11.2. The zero-order valence-electron chi connectivity index (χ0n) is 24.3. The Morgan fingerprint density at radius 1 is 0.806 bits per heavy atom. The van der Waals surface area contributed by atoms with E-state index in [1.165, 1.54) is 89.9 Å². The number of halogens is 1. The molecule has 0 spiro atoms. The lowest BCUT2D eigenvalue weighted by molar-refractivity contribution is -0.145. The van der Waals surface area contributed by atoms with E-state index in [1.807, 2.05) is 0 Å². The van der Waals surface area contributed by atoms with E-state index in [-0.39, 0.29) is 5.97 Å². The van der Waals surface area contributed by atoms with Gasteiger partial charge in [-0.2, -0.15) is 0 Å². The van der Waals surface area contributed by atoms with Crippen molar-refractivity contribution in [2.75, 3.05) is 32.7 Å². The predicted molar refractivity (Wildman–Crippen MR) is 155 cm³/mol. The first-order valence-corrected chi connectivity index (χ1v) is 16.2. The molecule has 0 aromatic heterocycles. The van der Waals surface area contributed by atoms with Gasteiger partial charge in [0, 0.05) is 32.0 Å². The molecule has 36 heavy (non-hydrogen) atoms. The minimum absolute atomic E-state index is 0.00503. The topological polar surface area (TPSA) is 38.8 Å². The molecule has 0 N–H and O–H groups in total. The molecule has 1 aliphatic carbocycles. The number of carbonyl (C=O) groups excluding carboxylic acids is 1. The van der Waals surface area contributed by atoms with E-state index >= 15 is 0 Å². The van der Waals surface area contributed by atoms with Crippen LogP contribution in [0.2, 0.25) is 0 Å². The van der Waals surface area contributed by atoms with Crippen LogP contribution < -0.4 is 0 Å². The summed E-state index contributed by atoms with van der Waals surface area (Å²) in [5, 5.41) is 0. The van der Waals surface area contributed by atoms with Gasteiger partial charge in [-0.05, 0) is 51.0 Å². The Kier molecular flexibility index (Phi) is 22.3. The van der Waals surface area contributed by atoms with Gasteiger partial charge in [0.15, 0.2) is 0 Å². The number of hydrogen-bond acceptors (Lipinski definition) is 4. The fourth-order valence-corrected chi connectivity index (χ4v) is 5.61. The molecule has 1 fully saturated rings. The summed E-state index contributed by atoms with van der Waals surface area (Å²) in [7, 11) is 1.80. The molecule has 1 aliphatic rings. The van der Waals surface area contributed by atoms with Crippen LogP contribution in [0.1, 0.15) is 142 Å². The molecule has 1 rings (SSSR count). The second kappa shape index (κ2) is 23.8. The van der Waals surface area contributed by atoms with E-state index in [4.69, 9.17) is 21.1 Å². The average Bonchev–Trinajstić information content (AvgIpc) is 2.85. The maximum atomic E-state index is 12.4. The van der Waals surface area contributed by atoms with Gasteiger partial charge >= 0.3 is 5.97 Å². The van der Waals surface area contributed by atoms with Crippen molar-refractivity contribution in [1.29, 1.82) is 0 Å². The molecule has 214 valence electrons. The zero-order chi connectivity index (χ0) is 26.3. The summed E-state index contributed by atoms with van der Waals surface area (Å²) in [5.41, 5.74) is 0. The van der Waals surface area contributed by atoms with Crippen LogP contribution in [-0.4, -0.2) is 55.7 Å². The van der Waals surface area contributed by atoms with Crippen molar-refractivity contribution in [3.63, 3.8) is 0 Å². The zero-order valence-corrected chi connectivity index (χ0v) is 25.0. The van der Waals surface area contributed by atoms with Crippen molar-refractivity contribution in [3.8, 4) is 0 Å². The Balaban J connectivity index is 2.20. The number of esters is 1. The molecule has 0 aromatic carbocycles. The highest BCUT2D eigenvalue weighted by Gasteiger charge is 2.33. The van der Waals surface area contributed by atoms with Crippen LogP contribution in [0, 0.1) is 5.92 Å². The molecular weight excluding hydrogens is 470 g/mol. The molecule has 4 nitrogen and oxygen atoms in total. The van der Waals surface area contributed by atoms with Crippen molar-refractivity contribution < 1.29 is 14.3 Å². The average molecular weight is 530 g/mol. The fourth-order valence-electron chi connectivity index (χ4n) is 5.40. The number of carbonyl (C=O) groups is 1. The van der Waals surface area contributed by atoms with Crippen molar-refractivity contribution in [2.24, 2.45) is 5.92 Å². The number of hydrogen-bond donors (Lipinski definition) is 0. The van der Waals surface area contributed by atoms with E-state index in [0.29, 0.717) is 37.0 Å². The Bertz CT molecular complexity index is 482. The van der Waals surface area contributed by atoms with Crippen LogP contribution in [0.4, 0.5) is 0 Å². The van der Waals surface area contributed by atoms with Crippen molar-refractivity contribution in [3.05, 3.63) is 0 Å². The summed E-state index contributed by atoms with van der Waals surface area (Å²) in [6.07, 6.45) is 24.8. The number of unbranched alkanes of at least 4 members (excludes halogenated alkanes) is 12. The third-order valence-corrected chi connectivity index (χ3v) is 8.20. The highest BCUT2D eigenvalue weighted by Crippen LogP contribution is 2.28. The Hall–Kier alpha value is -0.320. The van der Waals surface area contributed by atoms with E-state index in [2.05, 4.69) is 18.7 Å². The Morgan fingerprint density at radius 3 is 1.92 bits per heavy atom. The summed E-state index contributed by atoms with van der Waals surface area (Å²) in [6, 6.07) is 0.619. The van der Waals surface area contributed by atoms with E-state index in [1.54, 1.807) is 7.11 Å². The van der Waals surface area contributed by atoms with E-state index < -0.39 is 0 Å². The van der Waals surface area contributed by atoms with Crippen molar-refractivity contribution in [2.45, 2.75) is 154 Å². The molecule has 1 saturated carbocycles. The lowest BCUT2D eigenvalue weighted by Crippen LogP contribution is -2.48. The van der Waals surface area contributed by atoms with Gasteiger partial charge in [0.25, 0.3) is 0 Å². The molecule has 5 heteroatoms. The standard InChI is InChI=1S/C31H60ClNO3/c1-4-6-8-10-12-15-19-28(20-16-13-11-9-7-5-2)27-36-31(34)21-17-14-18-23-33(24-22-32)29-25-30(26-29)35-3/h28-30H,4-27H2,1-3H3. The van der Waals surface area contributed by atoms with Gasteiger partial charge in [0.05, 0.1) is 12.7 Å². The second-order valence-corrected chi connectivity index (χ2v) is 11.6. The van der Waals surface area contributed by atoms with Crippen molar-refractivity contribution >= 4 is 17.6 Å². The lowest BCUT2D eigenvalue weighted by Gasteiger charge is -2.42. The van der Waals surface area contributed by atoms with Gasteiger partial charge in [0.2, 0.25) is 0 Å². The molecule has 0 aliphatic heterocycles. The molecule has 0 saturated heterocycles. The monoisotopic (exact) mass is 529 g/mol. The van der Waals surface area contributed by atoms with Gasteiger partial charge < -0.3 is 9.47 Å². The summed E-state index contributed by atoms with van der Waals surface area (Å²) >= 11 is 6.02. The molecule has 0 bridgehead atoms.